The Kier molecular flexibility index (Phi) is 4.54. The molecule has 1 atom stereocenters. The van der Waals surface area contributed by atoms with E-state index in [4.69, 9.17) is 0 Å². The average molecular weight is 309 g/mol. The largest absolute Gasteiger partial charge is 0.373 e. The highest BCUT2D eigenvalue weighted by molar-refractivity contribution is 7.89. The summed E-state index contributed by atoms with van der Waals surface area (Å²) in [7, 11) is -2.11. The predicted octanol–water partition coefficient (Wildman–Crippen LogP) is 2.30. The number of anilines is 1. The van der Waals surface area contributed by atoms with Crippen LogP contribution in [0.15, 0.2) is 47.5 Å². The first-order valence-electron chi connectivity index (χ1n) is 6.34. The maximum atomic E-state index is 13.7. The lowest BCUT2D eigenvalue weighted by Crippen LogP contribution is -2.27. The van der Waals surface area contributed by atoms with Crippen LogP contribution in [0.2, 0.25) is 0 Å². The first-order chi connectivity index (χ1) is 9.94. The molecule has 2 rings (SSSR count). The summed E-state index contributed by atoms with van der Waals surface area (Å²) >= 11 is 0. The highest BCUT2D eigenvalue weighted by atomic mass is 32.2. The van der Waals surface area contributed by atoms with E-state index in [2.05, 4.69) is 15.0 Å². The van der Waals surface area contributed by atoms with Crippen LogP contribution in [0.4, 0.5) is 10.2 Å². The smallest absolute Gasteiger partial charge is 0.241 e. The Hall–Kier alpha value is -1.99. The molecule has 0 aliphatic heterocycles. The number of halogens is 1. The molecule has 21 heavy (non-hydrogen) atoms. The molecule has 0 aliphatic rings. The molecule has 0 fully saturated rings. The van der Waals surface area contributed by atoms with Crippen molar-refractivity contribution in [3.63, 3.8) is 0 Å². The number of hydrogen-bond donors (Lipinski definition) is 2. The van der Waals surface area contributed by atoms with Crippen LogP contribution in [-0.2, 0) is 10.0 Å². The van der Waals surface area contributed by atoms with E-state index < -0.39 is 21.9 Å². The van der Waals surface area contributed by atoms with Gasteiger partial charge in [-0.15, -0.1) is 0 Å². The molecular weight excluding hydrogens is 293 g/mol. The van der Waals surface area contributed by atoms with E-state index in [9.17, 15) is 12.8 Å². The fourth-order valence-electron chi connectivity index (χ4n) is 1.91. The molecule has 1 unspecified atom stereocenters. The van der Waals surface area contributed by atoms with E-state index in [1.807, 2.05) is 0 Å². The van der Waals surface area contributed by atoms with Gasteiger partial charge in [0.05, 0.1) is 4.90 Å². The third-order valence-electron chi connectivity index (χ3n) is 3.00. The van der Waals surface area contributed by atoms with Crippen molar-refractivity contribution < 1.29 is 12.8 Å². The van der Waals surface area contributed by atoms with Crippen molar-refractivity contribution in [3.05, 3.63) is 54.0 Å². The number of sulfonamides is 1. The fraction of sp³-hybridized carbons (Fsp3) is 0.214. The molecule has 0 saturated heterocycles. The standard InChI is InChI=1S/C14H16FN3O2S/c1-10(12-5-3-4-6-13(12)15)18-21(19,20)11-7-8-17-14(9-11)16-2/h3-10,18H,1-2H3,(H,16,17). The van der Waals surface area contributed by atoms with Gasteiger partial charge in [-0.3, -0.25) is 0 Å². The van der Waals surface area contributed by atoms with Crippen LogP contribution in [0.1, 0.15) is 18.5 Å². The van der Waals surface area contributed by atoms with Gasteiger partial charge in [0, 0.05) is 30.9 Å². The van der Waals surface area contributed by atoms with E-state index >= 15 is 0 Å². The molecule has 112 valence electrons. The van der Waals surface area contributed by atoms with Crippen LogP contribution in [0, 0.1) is 5.82 Å². The zero-order valence-corrected chi connectivity index (χ0v) is 12.5. The SMILES string of the molecule is CNc1cc(S(=O)(=O)NC(C)c2ccccc2F)ccn1. The van der Waals surface area contributed by atoms with E-state index in [1.165, 1.54) is 24.4 Å². The predicted molar refractivity (Wildman–Crippen MR) is 78.9 cm³/mol. The number of nitrogens with one attached hydrogen (secondary N) is 2. The van der Waals surface area contributed by atoms with Gasteiger partial charge in [-0.05, 0) is 19.1 Å². The average Bonchev–Trinajstić information content (AvgIpc) is 2.47. The minimum atomic E-state index is -3.75. The molecule has 1 heterocycles. The Bertz CT molecular complexity index is 735. The van der Waals surface area contributed by atoms with Gasteiger partial charge in [-0.25, -0.2) is 22.5 Å². The number of aromatic nitrogens is 1. The van der Waals surface area contributed by atoms with E-state index in [0.29, 0.717) is 11.4 Å². The zero-order chi connectivity index (χ0) is 15.5. The number of hydrogen-bond acceptors (Lipinski definition) is 4. The lowest BCUT2D eigenvalue weighted by molar-refractivity contribution is 0.550. The molecule has 0 spiro atoms. The molecule has 0 bridgehead atoms. The summed E-state index contributed by atoms with van der Waals surface area (Å²) < 4.78 is 40.8. The van der Waals surface area contributed by atoms with Crippen LogP contribution in [0.3, 0.4) is 0 Å². The molecule has 0 amide bonds. The normalized spacial score (nSPS) is 12.9. The van der Waals surface area contributed by atoms with Crippen LogP contribution in [0.5, 0.6) is 0 Å². The van der Waals surface area contributed by atoms with Gasteiger partial charge < -0.3 is 5.32 Å². The lowest BCUT2D eigenvalue weighted by atomic mass is 10.1. The number of pyridine rings is 1. The van der Waals surface area contributed by atoms with Gasteiger partial charge in [-0.2, -0.15) is 0 Å². The Labute approximate surface area is 123 Å². The van der Waals surface area contributed by atoms with Gasteiger partial charge in [-0.1, -0.05) is 18.2 Å². The molecule has 5 nitrogen and oxygen atoms in total. The van der Waals surface area contributed by atoms with Crippen LogP contribution >= 0.6 is 0 Å². The summed E-state index contributed by atoms with van der Waals surface area (Å²) in [4.78, 5) is 4.03. The minimum absolute atomic E-state index is 0.0741. The Morgan fingerprint density at radius 3 is 2.62 bits per heavy atom. The van der Waals surface area contributed by atoms with Crippen molar-refractivity contribution in [2.75, 3.05) is 12.4 Å². The van der Waals surface area contributed by atoms with Gasteiger partial charge in [0.2, 0.25) is 10.0 Å². The number of benzene rings is 1. The summed E-state index contributed by atoms with van der Waals surface area (Å²) in [6.45, 7) is 1.59. The lowest BCUT2D eigenvalue weighted by Gasteiger charge is -2.15. The highest BCUT2D eigenvalue weighted by Gasteiger charge is 2.20. The Morgan fingerprint density at radius 1 is 1.24 bits per heavy atom. The second-order valence-corrected chi connectivity index (χ2v) is 6.21. The topological polar surface area (TPSA) is 71.1 Å². The number of nitrogens with zero attached hydrogens (tertiary/aromatic N) is 1. The molecule has 1 aromatic heterocycles. The highest BCUT2D eigenvalue weighted by Crippen LogP contribution is 2.20. The maximum absolute atomic E-state index is 13.7. The van der Waals surface area contributed by atoms with Crippen molar-refractivity contribution in [1.82, 2.24) is 9.71 Å². The van der Waals surface area contributed by atoms with Crippen molar-refractivity contribution in [3.8, 4) is 0 Å². The summed E-state index contributed by atoms with van der Waals surface area (Å²) in [5, 5.41) is 2.77. The summed E-state index contributed by atoms with van der Waals surface area (Å²) in [5.41, 5.74) is 0.295. The van der Waals surface area contributed by atoms with E-state index in [1.54, 1.807) is 32.2 Å². The van der Waals surface area contributed by atoms with Crippen LogP contribution < -0.4 is 10.0 Å². The quantitative estimate of drug-likeness (QED) is 0.889. The third-order valence-corrected chi connectivity index (χ3v) is 4.54. The first kappa shape index (κ1) is 15.4. The molecule has 7 heteroatoms. The van der Waals surface area contributed by atoms with E-state index in [-0.39, 0.29) is 4.90 Å². The Balaban J connectivity index is 2.27. The van der Waals surface area contributed by atoms with Crippen molar-refractivity contribution in [2.24, 2.45) is 0 Å². The maximum Gasteiger partial charge on any atom is 0.241 e. The van der Waals surface area contributed by atoms with Crippen molar-refractivity contribution in [2.45, 2.75) is 17.9 Å². The molecule has 2 N–H and O–H groups in total. The molecule has 1 aromatic carbocycles. The first-order valence-corrected chi connectivity index (χ1v) is 7.83. The minimum Gasteiger partial charge on any atom is -0.373 e. The van der Waals surface area contributed by atoms with Gasteiger partial charge in [0.25, 0.3) is 0 Å². The molecular formula is C14H16FN3O2S. The second kappa shape index (κ2) is 6.19. The van der Waals surface area contributed by atoms with Crippen LogP contribution in [0.25, 0.3) is 0 Å². The summed E-state index contributed by atoms with van der Waals surface area (Å²) in [6.07, 6.45) is 1.40. The van der Waals surface area contributed by atoms with Gasteiger partial charge in [0.15, 0.2) is 0 Å². The van der Waals surface area contributed by atoms with E-state index in [0.717, 1.165) is 0 Å². The number of rotatable bonds is 5. The van der Waals surface area contributed by atoms with Gasteiger partial charge >= 0.3 is 0 Å². The van der Waals surface area contributed by atoms with Crippen LogP contribution in [-0.4, -0.2) is 20.4 Å². The fourth-order valence-corrected chi connectivity index (χ4v) is 3.14. The van der Waals surface area contributed by atoms with Crippen molar-refractivity contribution in [1.29, 1.82) is 0 Å². The van der Waals surface area contributed by atoms with Crippen molar-refractivity contribution >= 4 is 15.8 Å². The molecule has 0 saturated carbocycles. The monoisotopic (exact) mass is 309 g/mol. The molecule has 2 aromatic rings. The molecule has 0 aliphatic carbocycles. The third kappa shape index (κ3) is 3.56. The summed E-state index contributed by atoms with van der Waals surface area (Å²) in [6, 6.07) is 8.19. The zero-order valence-electron chi connectivity index (χ0n) is 11.7. The summed E-state index contributed by atoms with van der Waals surface area (Å²) in [5.74, 6) is -0.00485. The van der Waals surface area contributed by atoms with Gasteiger partial charge in [0.1, 0.15) is 11.6 Å². The second-order valence-electron chi connectivity index (χ2n) is 4.49. The molecule has 0 radical (unpaired) electrons. The Morgan fingerprint density at radius 2 is 1.95 bits per heavy atom.